The van der Waals surface area contributed by atoms with E-state index in [-0.39, 0.29) is 94.4 Å². The van der Waals surface area contributed by atoms with E-state index in [2.05, 4.69) is 58.5 Å². The van der Waals surface area contributed by atoms with Gasteiger partial charge in [-0.05, 0) is 92.6 Å². The number of ketones is 1. The number of unbranched alkanes of at least 4 members (excludes halogenated alkanes) is 5. The number of rotatable bonds is 23. The van der Waals surface area contributed by atoms with Crippen LogP contribution in [0, 0.1) is 0 Å². The molecule has 4 amide bonds. The van der Waals surface area contributed by atoms with E-state index < -0.39 is 23.3 Å². The van der Waals surface area contributed by atoms with Gasteiger partial charge in [-0.15, -0.1) is 0 Å². The number of Topliss-reactive ketones (excluding diaryl/α,β-unsaturated/α-hetero) is 1. The van der Waals surface area contributed by atoms with Crippen molar-refractivity contribution in [2.45, 2.75) is 108 Å². The number of benzene rings is 3. The number of nitrogens with one attached hydrogen (secondary N) is 8. The maximum Gasteiger partial charge on any atom is 1.00 e. The number of amides is 4. The van der Waals surface area contributed by atoms with Crippen molar-refractivity contribution in [2.75, 3.05) is 51.1 Å². The van der Waals surface area contributed by atoms with E-state index >= 15 is 0 Å². The summed E-state index contributed by atoms with van der Waals surface area (Å²) < 4.78 is 7.16. The van der Waals surface area contributed by atoms with Crippen LogP contribution in [0.5, 0.6) is 0 Å². The molecule has 8 rings (SSSR count). The smallest absolute Gasteiger partial charge is 0.870 e. The molecule has 0 aliphatic carbocycles. The number of carboxylic acids is 2. The van der Waals surface area contributed by atoms with Crippen LogP contribution >= 0.6 is 24.6 Å². The zero-order valence-corrected chi connectivity index (χ0v) is 49.7. The first kappa shape index (κ1) is 73.5. The number of thioether (sulfide) groups is 1. The number of fused-ring (bicyclic) bond motifs is 4. The van der Waals surface area contributed by atoms with Gasteiger partial charge in [0.2, 0.25) is 11.8 Å². The van der Waals surface area contributed by atoms with Crippen LogP contribution in [0.4, 0.5) is 16.2 Å². The molecule has 2 aliphatic heterocycles. The van der Waals surface area contributed by atoms with Crippen LogP contribution in [0.15, 0.2) is 87.2 Å². The standard InChI is InChI=1S/C33H45N5O7S.C11H10N2O3.C10H8N2O3.C2H7NS.CH4O.Li.H2O/c39-22(17-21-13-14-24-23(18-21)27(40)19-25(36-24)32(43)44)9-3-1-7-15-34-29(41)11-4-2-8-16-35-30(42)12-6-5-10-28-31-26(20-46-28)37-33(45)38-31;1-16-11(15)9-5-10(14)7-4-6(12)2-3-8(7)13-9;11-5-1-2-7-6(3-5)9(13)4-8(12-7)10(14)15;1-2-3-4;1-2;;/h13-14,18-19,26,28,31H,1-12,15-17,20H2,(H,34,41)(H,35,42)(H,36,40)(H,43,44)(H2,37,38,45);2-5H,12H2,1H3,(H,13,14);1-4H,11H2,(H,12,13)(H,14,15);3-4H,2H2,1H3;2H,1H3;;1H2/q;;;;;+1;/p-1/t26-,28-,31-;;;;;;/m0....../s1. The summed E-state index contributed by atoms with van der Waals surface area (Å²) in [5.41, 5.74) is 13.0. The van der Waals surface area contributed by atoms with E-state index in [1.165, 1.54) is 19.2 Å². The number of nitrogen functional groups attached to an aromatic ring is 2. The third-order valence-corrected chi connectivity index (χ3v) is 14.8. The number of carbonyl (C=O) groups is 7. The summed E-state index contributed by atoms with van der Waals surface area (Å²) in [7, 11) is 2.26. The summed E-state index contributed by atoms with van der Waals surface area (Å²) in [6, 6.07) is 18.2. The molecule has 0 saturated carbocycles. The summed E-state index contributed by atoms with van der Waals surface area (Å²) >= 11 is 5.56. The number of pyridine rings is 3. The quantitative estimate of drug-likeness (QED) is 0.0109. The average molecular weight is 1210 g/mol. The van der Waals surface area contributed by atoms with Crippen LogP contribution in [0.3, 0.4) is 0 Å². The normalized spacial score (nSPS) is 14.2. The number of methoxy groups -OCH3 is 1. The molecule has 3 aromatic carbocycles. The topological polar surface area (TPSA) is 430 Å². The Balaban J connectivity index is 0.000000510. The second-order valence-corrected chi connectivity index (χ2v) is 20.7. The number of thiol groups is 1. The molecule has 2 fully saturated rings. The van der Waals surface area contributed by atoms with E-state index in [1.54, 1.807) is 48.5 Å². The molecule has 0 spiro atoms. The summed E-state index contributed by atoms with van der Waals surface area (Å²) in [4.78, 5) is 125. The maximum absolute atomic E-state index is 12.4. The molecule has 0 unspecified atom stereocenters. The summed E-state index contributed by atoms with van der Waals surface area (Å²) in [6.07, 6.45) is 9.19. The minimum absolute atomic E-state index is 0. The van der Waals surface area contributed by atoms with Gasteiger partial charge in [0, 0.05) is 115 Å². The molecular formula is C57H75LiN10O15S2. The Morgan fingerprint density at radius 1 is 0.635 bits per heavy atom. The largest absolute Gasteiger partial charge is 1.00 e. The van der Waals surface area contributed by atoms with Crippen molar-refractivity contribution in [1.29, 1.82) is 0 Å². The Bertz CT molecular complexity index is 3400. The molecule has 25 nitrogen and oxygen atoms in total. The third-order valence-electron chi connectivity index (χ3n) is 13.0. The molecule has 0 radical (unpaired) electrons. The number of carboxylic acid groups (broad SMARTS) is 2. The van der Waals surface area contributed by atoms with E-state index in [1.807, 2.05) is 18.7 Å². The number of anilines is 2. The van der Waals surface area contributed by atoms with Crippen LogP contribution in [0.2, 0.25) is 0 Å². The number of ether oxygens (including phenoxy) is 1. The van der Waals surface area contributed by atoms with Gasteiger partial charge in [0.25, 0.3) is 0 Å². The van der Waals surface area contributed by atoms with Crippen LogP contribution < -0.4 is 72.6 Å². The van der Waals surface area contributed by atoms with E-state index in [0.717, 1.165) is 82.9 Å². The van der Waals surface area contributed by atoms with Crippen LogP contribution in [0.25, 0.3) is 32.7 Å². The van der Waals surface area contributed by atoms with Crippen molar-refractivity contribution >= 4 is 110 Å². The van der Waals surface area contributed by atoms with Gasteiger partial charge in [0.1, 0.15) is 22.9 Å². The molecular weight excluding hydrogens is 1140 g/mol. The Morgan fingerprint density at radius 3 is 1.56 bits per heavy atom. The molecule has 3 aromatic heterocycles. The van der Waals surface area contributed by atoms with Crippen molar-refractivity contribution in [3.05, 3.63) is 126 Å². The molecule has 456 valence electrons. The van der Waals surface area contributed by atoms with Crippen molar-refractivity contribution in [3.63, 3.8) is 0 Å². The Labute approximate surface area is 511 Å². The SMILES string of the molecule is CCNS.CO.COC(=O)c1cc(=O)c2cc(N)ccc2[nH]1.Nc1ccc2[nH]c(C(=O)O)cc(=O)c2c1.O=C(CCCCCNC(=O)CCCCCNC(=O)CCCC[C@@H]1SC[C@@H]2NC(=O)N[C@@H]21)Cc1ccc2[nH]c(C(=O)O)cc(=O)c2c1.[Li+].[OH-]. The maximum atomic E-state index is 12.4. The van der Waals surface area contributed by atoms with E-state index in [0.29, 0.717) is 93.7 Å². The van der Waals surface area contributed by atoms with Gasteiger partial charge in [0.15, 0.2) is 16.3 Å². The van der Waals surface area contributed by atoms with E-state index in [4.69, 9.17) is 26.8 Å². The number of aromatic nitrogens is 3. The second-order valence-electron chi connectivity index (χ2n) is 19.1. The number of hydrogen-bond donors (Lipinski definition) is 14. The number of aromatic amines is 3. The van der Waals surface area contributed by atoms with Crippen LogP contribution in [-0.2, 0) is 25.5 Å². The van der Waals surface area contributed by atoms with Crippen molar-refractivity contribution in [2.24, 2.45) is 0 Å². The number of aliphatic hydroxyl groups is 1. The Hall–Kier alpha value is -7.64. The predicted octanol–water partition coefficient (Wildman–Crippen LogP) is 2.00. The van der Waals surface area contributed by atoms with Crippen molar-refractivity contribution < 1.29 is 78.0 Å². The summed E-state index contributed by atoms with van der Waals surface area (Å²) in [6.45, 7) is 4.11. The number of nitrogens with two attached hydrogens (primary N) is 2. The zero-order valence-electron chi connectivity index (χ0n) is 48.0. The zero-order chi connectivity index (χ0) is 61.0. The van der Waals surface area contributed by atoms with Gasteiger partial charge in [-0.2, -0.15) is 11.8 Å². The molecule has 6 aromatic rings. The predicted molar refractivity (Wildman–Crippen MR) is 326 cm³/mol. The van der Waals surface area contributed by atoms with Gasteiger partial charge >= 0.3 is 42.8 Å². The molecule has 2 aliphatic rings. The number of aliphatic hydroxyl groups excluding tert-OH is 1. The minimum Gasteiger partial charge on any atom is -0.870 e. The molecule has 0 bridgehead atoms. The second kappa shape index (κ2) is 38.3. The number of H-pyrrole nitrogens is 3. The number of carbonyl (C=O) groups excluding carboxylic acids is 5. The number of aromatic carboxylic acids is 2. The van der Waals surface area contributed by atoms with Crippen molar-refractivity contribution in [1.82, 2.24) is 40.9 Å². The van der Waals surface area contributed by atoms with E-state index in [9.17, 15) is 47.9 Å². The first-order valence-corrected chi connectivity index (χ1v) is 28.4. The van der Waals surface area contributed by atoms with Gasteiger partial charge in [0.05, 0.1) is 30.2 Å². The Morgan fingerprint density at radius 2 is 1.08 bits per heavy atom. The Kier molecular flexibility index (Phi) is 33.1. The molecule has 5 heterocycles. The number of hydrogen-bond acceptors (Lipinski definition) is 18. The van der Waals surface area contributed by atoms with Crippen LogP contribution in [-0.4, -0.2) is 134 Å². The monoisotopic (exact) mass is 1210 g/mol. The first-order chi connectivity index (χ1) is 39.8. The first-order valence-electron chi connectivity index (χ1n) is 26.9. The molecule has 2 saturated heterocycles. The third kappa shape index (κ3) is 24.1. The fraction of sp³-hybridized carbons (Fsp3) is 0.404. The van der Waals surface area contributed by atoms with Gasteiger partial charge in [-0.3, -0.25) is 33.5 Å². The fourth-order valence-electron chi connectivity index (χ4n) is 8.82. The number of esters is 1. The van der Waals surface area contributed by atoms with Gasteiger partial charge in [-0.1, -0.05) is 45.1 Å². The summed E-state index contributed by atoms with van der Waals surface area (Å²) in [5.74, 6) is -1.85. The average Bonchev–Trinajstić information content (AvgIpc) is 4.23. The number of urea groups is 1. The van der Waals surface area contributed by atoms with Crippen molar-refractivity contribution in [3.8, 4) is 0 Å². The van der Waals surface area contributed by atoms with Crippen LogP contribution in [0.1, 0.15) is 121 Å². The molecule has 16 N–H and O–H groups in total. The fourth-order valence-corrected chi connectivity index (χ4v) is 10.4. The minimum atomic E-state index is -1.21. The van der Waals surface area contributed by atoms with Gasteiger partial charge < -0.3 is 73.2 Å². The molecule has 85 heavy (non-hydrogen) atoms. The molecule has 3 atom stereocenters. The van der Waals surface area contributed by atoms with Gasteiger partial charge in [-0.25, -0.2) is 19.2 Å². The molecule has 28 heteroatoms. The summed E-state index contributed by atoms with van der Waals surface area (Å²) in [5, 5.41) is 38.3.